The number of fused-ring (bicyclic) bond motifs is 2. The van der Waals surface area contributed by atoms with Gasteiger partial charge in [-0.2, -0.15) is 5.26 Å². The second-order valence-electron chi connectivity index (χ2n) is 8.55. The normalized spacial score (nSPS) is 23.9. The van der Waals surface area contributed by atoms with Gasteiger partial charge in [-0.1, -0.05) is 12.1 Å². The number of pyridine rings is 1. The zero-order valence-corrected chi connectivity index (χ0v) is 16.7. The van der Waals surface area contributed by atoms with Crippen molar-refractivity contribution in [3.05, 3.63) is 59.5 Å². The molecule has 5 rings (SSSR count). The van der Waals surface area contributed by atoms with E-state index in [4.69, 9.17) is 5.26 Å². The van der Waals surface area contributed by atoms with Gasteiger partial charge in [0.05, 0.1) is 12.1 Å². The van der Waals surface area contributed by atoms with Crippen LogP contribution in [0.2, 0.25) is 0 Å². The van der Waals surface area contributed by atoms with E-state index in [1.165, 1.54) is 12.1 Å². The van der Waals surface area contributed by atoms with Crippen LogP contribution in [0.3, 0.4) is 0 Å². The molecular formula is C23H24FN5O. The van der Waals surface area contributed by atoms with Crippen molar-refractivity contribution in [2.45, 2.75) is 30.8 Å². The largest absolute Gasteiger partial charge is 0.347 e. The van der Waals surface area contributed by atoms with Gasteiger partial charge < -0.3 is 9.80 Å². The van der Waals surface area contributed by atoms with E-state index in [0.29, 0.717) is 18.0 Å². The first-order valence-electron chi connectivity index (χ1n) is 10.5. The average Bonchev–Trinajstić information content (AvgIpc) is 3.00. The van der Waals surface area contributed by atoms with Crippen molar-refractivity contribution >= 4 is 11.7 Å². The van der Waals surface area contributed by atoms with Crippen LogP contribution >= 0.6 is 0 Å². The Morgan fingerprint density at radius 2 is 1.77 bits per heavy atom. The molecule has 3 aliphatic heterocycles. The van der Waals surface area contributed by atoms with Crippen LogP contribution in [0.25, 0.3) is 0 Å². The van der Waals surface area contributed by atoms with Gasteiger partial charge in [-0.3, -0.25) is 9.69 Å². The third-order valence-corrected chi connectivity index (χ3v) is 6.63. The maximum atomic E-state index is 13.1. The second kappa shape index (κ2) is 7.69. The summed E-state index contributed by atoms with van der Waals surface area (Å²) in [7, 11) is 0. The van der Waals surface area contributed by atoms with E-state index in [0.717, 1.165) is 50.4 Å². The van der Waals surface area contributed by atoms with Crippen LogP contribution in [0, 0.1) is 17.1 Å². The Bertz CT molecular complexity index is 951. The molecular weight excluding hydrogens is 381 g/mol. The highest BCUT2D eigenvalue weighted by Gasteiger charge is 2.42. The zero-order chi connectivity index (χ0) is 20.7. The lowest BCUT2D eigenvalue weighted by Crippen LogP contribution is -2.58. The van der Waals surface area contributed by atoms with Gasteiger partial charge in [0.2, 0.25) is 5.91 Å². The summed E-state index contributed by atoms with van der Waals surface area (Å²) < 4.78 is 13.1. The molecule has 4 heterocycles. The maximum Gasteiger partial charge on any atom is 0.236 e. The number of benzene rings is 1. The number of likely N-dealkylation sites (tertiary alicyclic amines) is 2. The van der Waals surface area contributed by atoms with Crippen LogP contribution < -0.4 is 4.90 Å². The quantitative estimate of drug-likeness (QED) is 0.782. The predicted molar refractivity (Wildman–Crippen MR) is 110 cm³/mol. The lowest BCUT2D eigenvalue weighted by atomic mass is 9.91. The van der Waals surface area contributed by atoms with Crippen molar-refractivity contribution in [1.29, 1.82) is 5.26 Å². The van der Waals surface area contributed by atoms with Crippen LogP contribution in [0.4, 0.5) is 10.2 Å². The molecule has 0 radical (unpaired) electrons. The summed E-state index contributed by atoms with van der Waals surface area (Å²) in [6.45, 7) is 3.60. The number of halogens is 1. The molecule has 3 aliphatic rings. The highest BCUT2D eigenvalue weighted by atomic mass is 19.1. The fraction of sp³-hybridized carbons (Fsp3) is 0.435. The van der Waals surface area contributed by atoms with E-state index in [1.807, 2.05) is 23.1 Å². The van der Waals surface area contributed by atoms with Crippen molar-refractivity contribution < 1.29 is 9.18 Å². The van der Waals surface area contributed by atoms with E-state index in [9.17, 15) is 9.18 Å². The number of amides is 1. The van der Waals surface area contributed by atoms with Gasteiger partial charge in [0, 0.05) is 50.4 Å². The number of nitriles is 1. The molecule has 0 N–H and O–H groups in total. The van der Waals surface area contributed by atoms with E-state index in [-0.39, 0.29) is 23.8 Å². The number of nitrogens with zero attached hydrogens (tertiary/aromatic N) is 5. The van der Waals surface area contributed by atoms with Crippen molar-refractivity contribution in [3.8, 4) is 6.07 Å². The van der Waals surface area contributed by atoms with Crippen molar-refractivity contribution in [2.24, 2.45) is 0 Å². The van der Waals surface area contributed by atoms with Gasteiger partial charge in [-0.25, -0.2) is 9.37 Å². The third-order valence-electron chi connectivity index (χ3n) is 6.63. The fourth-order valence-electron chi connectivity index (χ4n) is 5.02. The monoisotopic (exact) mass is 405 g/mol. The topological polar surface area (TPSA) is 63.5 Å². The highest BCUT2D eigenvalue weighted by Crippen LogP contribution is 2.34. The highest BCUT2D eigenvalue weighted by molar-refractivity contribution is 5.79. The van der Waals surface area contributed by atoms with Crippen LogP contribution in [-0.2, 0) is 4.79 Å². The summed E-state index contributed by atoms with van der Waals surface area (Å²) >= 11 is 0. The number of piperazine rings is 1. The molecule has 154 valence electrons. The van der Waals surface area contributed by atoms with Gasteiger partial charge in [0.15, 0.2) is 0 Å². The lowest BCUT2D eigenvalue weighted by Gasteiger charge is -2.44. The van der Waals surface area contributed by atoms with Crippen LogP contribution in [0.5, 0.6) is 0 Å². The molecule has 3 saturated heterocycles. The van der Waals surface area contributed by atoms with Gasteiger partial charge in [0.25, 0.3) is 0 Å². The average molecular weight is 405 g/mol. The third kappa shape index (κ3) is 3.52. The summed E-state index contributed by atoms with van der Waals surface area (Å²) in [5.41, 5.74) is 1.70. The Kier molecular flexibility index (Phi) is 4.87. The predicted octanol–water partition coefficient (Wildman–Crippen LogP) is 2.37. The first-order chi connectivity index (χ1) is 14.6. The van der Waals surface area contributed by atoms with Crippen molar-refractivity contribution in [2.75, 3.05) is 37.6 Å². The van der Waals surface area contributed by atoms with E-state index in [1.54, 1.807) is 12.3 Å². The molecule has 2 aromatic rings. The number of rotatable bonds is 4. The van der Waals surface area contributed by atoms with E-state index < -0.39 is 0 Å². The van der Waals surface area contributed by atoms with Crippen LogP contribution in [-0.4, -0.2) is 65.5 Å². The summed E-state index contributed by atoms with van der Waals surface area (Å²) in [5.74, 6) is 1.26. The minimum atomic E-state index is -0.213. The molecule has 1 amide bonds. The molecule has 1 aromatic carbocycles. The summed E-state index contributed by atoms with van der Waals surface area (Å²) in [4.78, 5) is 23.9. The summed E-state index contributed by atoms with van der Waals surface area (Å²) in [6.07, 6.45) is 3.74. The number of hydrogen-bond donors (Lipinski definition) is 0. The van der Waals surface area contributed by atoms with Gasteiger partial charge in [-0.15, -0.1) is 0 Å². The number of anilines is 1. The van der Waals surface area contributed by atoms with Crippen molar-refractivity contribution in [3.63, 3.8) is 0 Å². The Hall–Kier alpha value is -2.98. The number of aromatic nitrogens is 1. The minimum Gasteiger partial charge on any atom is -0.347 e. The van der Waals surface area contributed by atoms with Gasteiger partial charge in [0.1, 0.15) is 17.7 Å². The first kappa shape index (κ1) is 19.0. The molecule has 2 unspecified atom stereocenters. The molecule has 7 heteroatoms. The van der Waals surface area contributed by atoms with Crippen LogP contribution in [0.1, 0.15) is 29.9 Å². The summed E-state index contributed by atoms with van der Waals surface area (Å²) in [5, 5.41) is 8.97. The molecule has 30 heavy (non-hydrogen) atoms. The fourth-order valence-corrected chi connectivity index (χ4v) is 5.02. The van der Waals surface area contributed by atoms with Gasteiger partial charge >= 0.3 is 0 Å². The first-order valence-corrected chi connectivity index (χ1v) is 10.5. The molecule has 3 fully saturated rings. The van der Waals surface area contributed by atoms with E-state index in [2.05, 4.69) is 20.9 Å². The Morgan fingerprint density at radius 1 is 1.07 bits per heavy atom. The number of hydrogen-bond acceptors (Lipinski definition) is 5. The number of carbonyl (C=O) groups excluding carboxylic acids is 1. The lowest BCUT2D eigenvalue weighted by molar-refractivity contribution is -0.134. The molecule has 0 spiro atoms. The molecule has 0 saturated carbocycles. The van der Waals surface area contributed by atoms with Crippen molar-refractivity contribution in [1.82, 2.24) is 14.8 Å². The SMILES string of the molecule is N#Cc1ccc(N2C3CCC2CN(C(=O)CN2CC(c4ccc(F)cc4)C2)C3)nc1. The Labute approximate surface area is 175 Å². The number of carbonyl (C=O) groups is 1. The smallest absolute Gasteiger partial charge is 0.236 e. The molecule has 0 aliphatic carbocycles. The minimum absolute atomic E-state index is 0.192. The maximum absolute atomic E-state index is 13.1. The standard InChI is InChI=1S/C23H24FN5O/c24-19-4-2-17(3-5-19)18-11-27(12-18)15-23(30)28-13-20-6-7-21(14-28)29(20)22-8-1-16(9-25)10-26-22/h1-5,8,10,18,20-21H,6-7,11-15H2. The summed E-state index contributed by atoms with van der Waals surface area (Å²) in [6, 6.07) is 13.1. The van der Waals surface area contributed by atoms with E-state index >= 15 is 0 Å². The van der Waals surface area contributed by atoms with Gasteiger partial charge in [-0.05, 0) is 42.7 Å². The Balaban J connectivity index is 1.16. The second-order valence-corrected chi connectivity index (χ2v) is 8.55. The zero-order valence-electron chi connectivity index (χ0n) is 16.7. The van der Waals surface area contributed by atoms with Crippen LogP contribution in [0.15, 0.2) is 42.6 Å². The molecule has 1 aromatic heterocycles. The molecule has 2 bridgehead atoms. The Morgan fingerprint density at radius 3 is 2.37 bits per heavy atom. The molecule has 6 nitrogen and oxygen atoms in total. The molecule has 2 atom stereocenters.